The van der Waals surface area contributed by atoms with Crippen LogP contribution in [-0.2, 0) is 21.4 Å². The second-order valence-electron chi connectivity index (χ2n) is 5.86. The molecule has 29 heavy (non-hydrogen) atoms. The first-order valence-corrected chi connectivity index (χ1v) is 9.98. The number of hydrogen-bond donors (Lipinski definition) is 2. The third-order valence-electron chi connectivity index (χ3n) is 4.03. The Balaban J connectivity index is 2.32. The molecule has 0 heterocycles. The zero-order valence-electron chi connectivity index (χ0n) is 16.9. The summed E-state index contributed by atoms with van der Waals surface area (Å²) in [4.78, 5) is 11.3. The van der Waals surface area contributed by atoms with Gasteiger partial charge in [-0.3, -0.25) is 4.79 Å². The van der Waals surface area contributed by atoms with Crippen molar-refractivity contribution in [1.82, 2.24) is 4.72 Å². The van der Waals surface area contributed by atoms with Gasteiger partial charge in [-0.1, -0.05) is 6.07 Å². The molecule has 158 valence electrons. The summed E-state index contributed by atoms with van der Waals surface area (Å²) in [5.74, 6) is 1.19. The smallest absolute Gasteiger partial charge is 0.240 e. The molecule has 2 rings (SSSR count). The zero-order valence-corrected chi connectivity index (χ0v) is 17.7. The van der Waals surface area contributed by atoms with Gasteiger partial charge in [-0.25, -0.2) is 13.1 Å². The van der Waals surface area contributed by atoms with Crippen LogP contribution in [0.15, 0.2) is 35.2 Å². The molecular formula is C19H24N2O7S. The fraction of sp³-hybridized carbons (Fsp3) is 0.316. The molecule has 0 aliphatic rings. The summed E-state index contributed by atoms with van der Waals surface area (Å²) in [6, 6.07) is 7.52. The van der Waals surface area contributed by atoms with Gasteiger partial charge in [-0.2, -0.15) is 0 Å². The summed E-state index contributed by atoms with van der Waals surface area (Å²) in [5, 5.41) is 2.55. The summed E-state index contributed by atoms with van der Waals surface area (Å²) in [7, 11) is 1.96. The van der Waals surface area contributed by atoms with Gasteiger partial charge in [0, 0.05) is 19.0 Å². The summed E-state index contributed by atoms with van der Waals surface area (Å²) in [6.07, 6.45) is 0. The molecule has 10 heteroatoms. The van der Waals surface area contributed by atoms with E-state index in [2.05, 4.69) is 10.0 Å². The molecule has 9 nitrogen and oxygen atoms in total. The lowest BCUT2D eigenvalue weighted by Crippen LogP contribution is -2.24. The highest BCUT2D eigenvalue weighted by molar-refractivity contribution is 7.89. The van der Waals surface area contributed by atoms with E-state index in [1.807, 2.05) is 0 Å². The number of methoxy groups -OCH3 is 4. The fourth-order valence-corrected chi connectivity index (χ4v) is 3.73. The van der Waals surface area contributed by atoms with Crippen molar-refractivity contribution >= 4 is 21.6 Å². The first kappa shape index (κ1) is 22.3. The van der Waals surface area contributed by atoms with Crippen LogP contribution in [0.3, 0.4) is 0 Å². The van der Waals surface area contributed by atoms with E-state index in [9.17, 15) is 13.2 Å². The van der Waals surface area contributed by atoms with Gasteiger partial charge in [0.2, 0.25) is 21.7 Å². The van der Waals surface area contributed by atoms with Gasteiger partial charge in [0.15, 0.2) is 11.5 Å². The molecule has 0 aliphatic carbocycles. The number of amides is 1. The van der Waals surface area contributed by atoms with E-state index in [1.165, 1.54) is 53.6 Å². The number of anilines is 1. The maximum Gasteiger partial charge on any atom is 0.240 e. The van der Waals surface area contributed by atoms with E-state index in [0.29, 0.717) is 28.6 Å². The molecule has 0 atom stereocenters. The van der Waals surface area contributed by atoms with Crippen LogP contribution in [0.2, 0.25) is 0 Å². The lowest BCUT2D eigenvalue weighted by molar-refractivity contribution is -0.114. The van der Waals surface area contributed by atoms with Crippen molar-refractivity contribution in [2.75, 3.05) is 33.8 Å². The molecule has 0 unspecified atom stereocenters. The second-order valence-corrected chi connectivity index (χ2v) is 7.63. The van der Waals surface area contributed by atoms with Gasteiger partial charge in [0.05, 0.1) is 39.0 Å². The minimum Gasteiger partial charge on any atom is -0.495 e. The topological polar surface area (TPSA) is 112 Å². The molecule has 2 aromatic rings. The Hall–Kier alpha value is -2.98. The highest BCUT2D eigenvalue weighted by atomic mass is 32.2. The highest BCUT2D eigenvalue weighted by Gasteiger charge is 2.20. The van der Waals surface area contributed by atoms with Gasteiger partial charge < -0.3 is 24.3 Å². The Kier molecular flexibility index (Phi) is 7.29. The average molecular weight is 424 g/mol. The van der Waals surface area contributed by atoms with Crippen molar-refractivity contribution in [2.45, 2.75) is 18.4 Å². The molecule has 0 bridgehead atoms. The lowest BCUT2D eigenvalue weighted by Gasteiger charge is -2.16. The normalized spacial score (nSPS) is 10.9. The van der Waals surface area contributed by atoms with Crippen molar-refractivity contribution in [2.24, 2.45) is 0 Å². The summed E-state index contributed by atoms with van der Waals surface area (Å²) >= 11 is 0. The molecule has 0 radical (unpaired) electrons. The molecule has 0 saturated heterocycles. The number of benzene rings is 2. The van der Waals surface area contributed by atoms with E-state index in [0.717, 1.165) is 0 Å². The number of sulfonamides is 1. The minimum atomic E-state index is -3.89. The molecule has 0 fully saturated rings. The summed E-state index contributed by atoms with van der Waals surface area (Å²) in [6.45, 7) is 1.27. The minimum absolute atomic E-state index is 0.0264. The molecule has 1 amide bonds. The van der Waals surface area contributed by atoms with E-state index in [1.54, 1.807) is 12.1 Å². The van der Waals surface area contributed by atoms with Crippen molar-refractivity contribution in [3.8, 4) is 23.0 Å². The molecule has 0 spiro atoms. The summed E-state index contributed by atoms with van der Waals surface area (Å²) in [5.41, 5.74) is 0.816. The third kappa shape index (κ3) is 5.09. The molecule has 0 aromatic heterocycles. The van der Waals surface area contributed by atoms with Gasteiger partial charge in [0.1, 0.15) is 5.75 Å². The number of carbonyl (C=O) groups excluding carboxylic acids is 1. The third-order valence-corrected chi connectivity index (χ3v) is 5.43. The average Bonchev–Trinajstić information content (AvgIpc) is 2.70. The van der Waals surface area contributed by atoms with E-state index in [-0.39, 0.29) is 23.0 Å². The Morgan fingerprint density at radius 1 is 0.897 bits per heavy atom. The second kappa shape index (κ2) is 9.48. The number of ether oxygens (including phenoxy) is 4. The SMILES string of the molecule is COc1ccc(S(=O)(=O)NCc2ccc(OC)c(OC)c2OC)cc1NC(C)=O. The Morgan fingerprint density at radius 3 is 2.07 bits per heavy atom. The maximum absolute atomic E-state index is 12.8. The molecule has 2 N–H and O–H groups in total. The molecule has 2 aromatic carbocycles. The van der Waals surface area contributed by atoms with Crippen molar-refractivity contribution in [3.05, 3.63) is 35.9 Å². The quantitative estimate of drug-likeness (QED) is 0.634. The fourth-order valence-electron chi connectivity index (χ4n) is 2.70. The van der Waals surface area contributed by atoms with Crippen LogP contribution in [0.1, 0.15) is 12.5 Å². The van der Waals surface area contributed by atoms with E-state index in [4.69, 9.17) is 18.9 Å². The Bertz CT molecular complexity index is 990. The van der Waals surface area contributed by atoms with Crippen LogP contribution in [0.4, 0.5) is 5.69 Å². The first-order valence-electron chi connectivity index (χ1n) is 8.50. The van der Waals surface area contributed by atoms with Crippen LogP contribution in [0, 0.1) is 0 Å². The summed E-state index contributed by atoms with van der Waals surface area (Å²) < 4.78 is 49.1. The van der Waals surface area contributed by atoms with Gasteiger partial charge in [-0.15, -0.1) is 0 Å². The standard InChI is InChI=1S/C19H24N2O7S/c1-12(22)21-15-10-14(7-9-16(15)25-2)29(23,24)20-11-13-6-8-17(26-3)19(28-5)18(13)27-4/h6-10,20H,11H2,1-5H3,(H,21,22). The number of hydrogen-bond acceptors (Lipinski definition) is 7. The molecule has 0 aliphatic heterocycles. The predicted octanol–water partition coefficient (Wildman–Crippen LogP) is 2.16. The monoisotopic (exact) mass is 424 g/mol. The van der Waals surface area contributed by atoms with Gasteiger partial charge >= 0.3 is 0 Å². The predicted molar refractivity (Wildman–Crippen MR) is 107 cm³/mol. The molecular weight excluding hydrogens is 400 g/mol. The Labute approximate surface area is 170 Å². The first-order chi connectivity index (χ1) is 13.8. The van der Waals surface area contributed by atoms with Gasteiger partial charge in [0.25, 0.3) is 0 Å². The van der Waals surface area contributed by atoms with Gasteiger partial charge in [-0.05, 0) is 24.3 Å². The number of rotatable bonds is 9. The van der Waals surface area contributed by atoms with Crippen molar-refractivity contribution < 1.29 is 32.2 Å². The zero-order chi connectivity index (χ0) is 21.6. The number of nitrogens with one attached hydrogen (secondary N) is 2. The maximum atomic E-state index is 12.8. The lowest BCUT2D eigenvalue weighted by atomic mass is 10.1. The van der Waals surface area contributed by atoms with Crippen LogP contribution in [0.5, 0.6) is 23.0 Å². The van der Waals surface area contributed by atoms with Crippen molar-refractivity contribution in [3.63, 3.8) is 0 Å². The highest BCUT2D eigenvalue weighted by Crippen LogP contribution is 2.39. The van der Waals surface area contributed by atoms with E-state index >= 15 is 0 Å². The van der Waals surface area contributed by atoms with Crippen LogP contribution >= 0.6 is 0 Å². The van der Waals surface area contributed by atoms with Crippen LogP contribution < -0.4 is 29.0 Å². The Morgan fingerprint density at radius 2 is 1.52 bits per heavy atom. The van der Waals surface area contributed by atoms with Crippen molar-refractivity contribution in [1.29, 1.82) is 0 Å². The van der Waals surface area contributed by atoms with E-state index < -0.39 is 10.0 Å². The number of carbonyl (C=O) groups is 1. The molecule has 0 saturated carbocycles. The largest absolute Gasteiger partial charge is 0.495 e. The van der Waals surface area contributed by atoms with Crippen LogP contribution in [0.25, 0.3) is 0 Å². The van der Waals surface area contributed by atoms with Crippen LogP contribution in [-0.4, -0.2) is 42.8 Å².